The SMILES string of the molecule is Cn1nc(-c2cnc3[nH]cc(C(=O)N[C@H]4CC[C@@H](CC#N)C4)c3n2)c2ccc(F)cc21.Cn1nc(-c2cnc3c(n2)c(C(=O)N[C@H]2CC[C@@H](CC#N)C2)cn3COCC[Si](C)(C)C)c2ccc(F)cc21. The number of carbonyl (C=O) groups is 2. The Labute approximate surface area is 403 Å². The topological polar surface area (TPSA) is 223 Å². The van der Waals surface area contributed by atoms with Crippen LogP contribution >= 0.6 is 0 Å². The van der Waals surface area contributed by atoms with Gasteiger partial charge in [0.1, 0.15) is 52.2 Å². The molecule has 0 radical (unpaired) electrons. The lowest BCUT2D eigenvalue weighted by Crippen LogP contribution is -2.33. The number of nitrogens with zero attached hydrogens (tertiary/aromatic N) is 11. The second kappa shape index (κ2) is 19.9. The van der Waals surface area contributed by atoms with Crippen molar-refractivity contribution in [2.45, 2.75) is 95.9 Å². The summed E-state index contributed by atoms with van der Waals surface area (Å²) in [6.07, 6.45) is 12.8. The first kappa shape index (κ1) is 47.6. The first-order valence-corrected chi connectivity index (χ1v) is 27.3. The Balaban J connectivity index is 0.000000178. The number of aromatic nitrogens is 10. The van der Waals surface area contributed by atoms with Gasteiger partial charge in [-0.05, 0) is 92.8 Å². The Morgan fingerprint density at radius 2 is 1.33 bits per heavy atom. The molecule has 10 rings (SSSR count). The number of nitrogens with one attached hydrogen (secondary N) is 3. The number of hydrogen-bond donors (Lipinski definition) is 3. The van der Waals surface area contributed by atoms with Crippen LogP contribution in [0.5, 0.6) is 0 Å². The highest BCUT2D eigenvalue weighted by molar-refractivity contribution is 6.76. The van der Waals surface area contributed by atoms with Gasteiger partial charge in [0.05, 0.1) is 46.7 Å². The van der Waals surface area contributed by atoms with Crippen molar-refractivity contribution in [2.75, 3.05) is 6.61 Å². The van der Waals surface area contributed by atoms with Crippen molar-refractivity contribution >= 4 is 64.0 Å². The van der Waals surface area contributed by atoms with Crippen LogP contribution in [0.15, 0.2) is 61.2 Å². The normalized spacial score (nSPS) is 18.0. The zero-order valence-electron chi connectivity index (χ0n) is 39.8. The first-order valence-electron chi connectivity index (χ1n) is 23.5. The fraction of sp³-hybridized carbons (Fsp3) is 0.400. The Bertz CT molecular complexity index is 3360. The summed E-state index contributed by atoms with van der Waals surface area (Å²) >= 11 is 0. The molecular weight excluding hydrogens is 911 g/mol. The van der Waals surface area contributed by atoms with Crippen molar-refractivity contribution < 1.29 is 23.1 Å². The number of carbonyl (C=O) groups excluding carboxylic acids is 2. The minimum absolute atomic E-state index is 0.0213. The van der Waals surface area contributed by atoms with Crippen LogP contribution in [0.1, 0.15) is 72.1 Å². The molecule has 0 bridgehead atoms. The van der Waals surface area contributed by atoms with Crippen molar-refractivity contribution in [3.63, 3.8) is 0 Å². The molecule has 2 aromatic carbocycles. The van der Waals surface area contributed by atoms with E-state index in [0.717, 1.165) is 55.3 Å². The van der Waals surface area contributed by atoms with Gasteiger partial charge in [-0.1, -0.05) is 19.6 Å². The van der Waals surface area contributed by atoms with E-state index in [1.165, 1.54) is 24.3 Å². The molecule has 70 heavy (non-hydrogen) atoms. The summed E-state index contributed by atoms with van der Waals surface area (Å²) in [6, 6.07) is 14.6. The van der Waals surface area contributed by atoms with Gasteiger partial charge < -0.3 is 24.9 Å². The third-order valence-electron chi connectivity index (χ3n) is 13.3. The number of ether oxygens (including phenoxy) is 1. The van der Waals surface area contributed by atoms with Crippen molar-refractivity contribution in [1.82, 2.24) is 59.7 Å². The molecule has 0 saturated heterocycles. The summed E-state index contributed by atoms with van der Waals surface area (Å²) in [5, 5.41) is 34.7. The predicted octanol–water partition coefficient (Wildman–Crippen LogP) is 8.71. The minimum atomic E-state index is -1.24. The van der Waals surface area contributed by atoms with Crippen LogP contribution in [-0.4, -0.2) is 87.6 Å². The summed E-state index contributed by atoms with van der Waals surface area (Å²) in [5.41, 5.74) is 6.28. The minimum Gasteiger partial charge on any atom is -0.361 e. The van der Waals surface area contributed by atoms with E-state index in [9.17, 15) is 18.4 Å². The lowest BCUT2D eigenvalue weighted by atomic mass is 10.1. The number of amides is 2. The third kappa shape index (κ3) is 10.1. The molecule has 0 aliphatic heterocycles. The second-order valence-electron chi connectivity index (χ2n) is 19.6. The first-order chi connectivity index (χ1) is 33.7. The van der Waals surface area contributed by atoms with Gasteiger partial charge >= 0.3 is 0 Å². The van der Waals surface area contributed by atoms with E-state index in [1.54, 1.807) is 60.4 Å². The Morgan fingerprint density at radius 1 is 0.786 bits per heavy atom. The molecule has 0 spiro atoms. The monoisotopic (exact) mass is 964 g/mol. The van der Waals surface area contributed by atoms with E-state index in [4.69, 9.17) is 20.2 Å². The lowest BCUT2D eigenvalue weighted by Gasteiger charge is -2.15. The van der Waals surface area contributed by atoms with Crippen LogP contribution in [0.2, 0.25) is 25.7 Å². The van der Waals surface area contributed by atoms with E-state index < -0.39 is 8.07 Å². The molecule has 8 aromatic rings. The number of benzene rings is 2. The number of nitriles is 2. The molecule has 6 aromatic heterocycles. The van der Waals surface area contributed by atoms with E-state index in [-0.39, 0.29) is 42.3 Å². The summed E-state index contributed by atoms with van der Waals surface area (Å²) in [5.74, 6) is -0.456. The molecule has 2 aliphatic carbocycles. The molecule has 2 saturated carbocycles. The molecule has 17 nitrogen and oxygen atoms in total. The highest BCUT2D eigenvalue weighted by atomic mass is 28.3. The van der Waals surface area contributed by atoms with Crippen LogP contribution in [0.3, 0.4) is 0 Å². The largest absolute Gasteiger partial charge is 0.361 e. The predicted molar refractivity (Wildman–Crippen MR) is 263 cm³/mol. The molecular formula is C50H54F2N14O3Si. The maximum atomic E-state index is 13.9. The number of rotatable bonds is 13. The van der Waals surface area contributed by atoms with Gasteiger partial charge in [-0.2, -0.15) is 20.7 Å². The maximum Gasteiger partial charge on any atom is 0.255 e. The fourth-order valence-corrected chi connectivity index (χ4v) is 10.3. The lowest BCUT2D eigenvalue weighted by molar-refractivity contribution is 0.0889. The Kier molecular flexibility index (Phi) is 13.5. The fourth-order valence-electron chi connectivity index (χ4n) is 9.56. The molecule has 0 unspecified atom stereocenters. The molecule has 20 heteroatoms. The Hall–Kier alpha value is -7.42. The van der Waals surface area contributed by atoms with Gasteiger partial charge in [0.15, 0.2) is 11.3 Å². The highest BCUT2D eigenvalue weighted by Gasteiger charge is 2.30. The van der Waals surface area contributed by atoms with Crippen LogP contribution in [0.4, 0.5) is 8.78 Å². The number of H-pyrrole nitrogens is 1. The number of aromatic amines is 1. The number of halogens is 2. The van der Waals surface area contributed by atoms with E-state index >= 15 is 0 Å². The molecule has 2 fully saturated rings. The maximum absolute atomic E-state index is 13.9. The summed E-state index contributed by atoms with van der Waals surface area (Å²) in [7, 11) is 2.26. The second-order valence-corrected chi connectivity index (χ2v) is 25.3. The van der Waals surface area contributed by atoms with Crippen LogP contribution < -0.4 is 10.6 Å². The van der Waals surface area contributed by atoms with Crippen molar-refractivity contribution in [3.8, 4) is 34.9 Å². The van der Waals surface area contributed by atoms with Gasteiger partial charge in [0.2, 0.25) is 0 Å². The highest BCUT2D eigenvalue weighted by Crippen LogP contribution is 2.33. The van der Waals surface area contributed by atoms with Gasteiger partial charge in [-0.3, -0.25) is 19.0 Å². The molecule has 360 valence electrons. The molecule has 2 aliphatic rings. The molecule has 4 atom stereocenters. The summed E-state index contributed by atoms with van der Waals surface area (Å²) in [4.78, 5) is 48.0. The molecule has 2 amide bonds. The van der Waals surface area contributed by atoms with Crippen LogP contribution in [-0.2, 0) is 25.6 Å². The third-order valence-corrected chi connectivity index (χ3v) is 15.0. The molecule has 3 N–H and O–H groups in total. The van der Waals surface area contributed by atoms with Gasteiger partial charge in [-0.15, -0.1) is 0 Å². The van der Waals surface area contributed by atoms with Crippen LogP contribution in [0.25, 0.3) is 66.9 Å². The average Bonchev–Trinajstić information content (AvgIpc) is 4.20. The van der Waals surface area contributed by atoms with E-state index in [1.807, 2.05) is 4.57 Å². The van der Waals surface area contributed by atoms with E-state index in [2.05, 4.69) is 72.5 Å². The summed E-state index contributed by atoms with van der Waals surface area (Å²) in [6.45, 7) is 7.81. The summed E-state index contributed by atoms with van der Waals surface area (Å²) < 4.78 is 38.5. The Morgan fingerprint density at radius 3 is 1.89 bits per heavy atom. The van der Waals surface area contributed by atoms with Gasteiger partial charge in [0.25, 0.3) is 11.8 Å². The molecule has 6 heterocycles. The number of fused-ring (bicyclic) bond motifs is 4. The zero-order valence-corrected chi connectivity index (χ0v) is 40.8. The smallest absolute Gasteiger partial charge is 0.255 e. The zero-order chi connectivity index (χ0) is 49.3. The number of aryl methyl sites for hydroxylation is 2. The standard InChI is InChI=1S/C28H34FN7O2Si.C22H20FN7O/c1-35-24-14-19(29)6-8-21(24)25(34-35)23-15-31-27-26(33-23)22(16-36(27)17-38-11-12-39(2,3)4)28(37)32-20-7-5-18(13-20)9-10-30;1-30-18-9-13(23)3-5-15(18)19(29-30)17-11-26-21-20(28-17)16(10-25-21)22(31)27-14-4-2-12(8-14)6-7-24/h6,8,14-16,18,20H,5,7,9,11-13,17H2,1-4H3,(H,32,37);3,5,9-12,14H,2,4,6,8H2,1H3,(H,25,26)(H,27,31)/t18-,20-;12-,14-/m00/s1. The van der Waals surface area contributed by atoms with Crippen LogP contribution in [0, 0.1) is 46.1 Å². The average molecular weight is 965 g/mol. The van der Waals surface area contributed by atoms with E-state index in [0.29, 0.717) is 98.5 Å². The van der Waals surface area contributed by atoms with Crippen molar-refractivity contribution in [3.05, 3.63) is 83.9 Å². The van der Waals surface area contributed by atoms with Gasteiger partial charge in [-0.25, -0.2) is 28.7 Å². The number of hydrogen-bond acceptors (Lipinski definition) is 11. The quantitative estimate of drug-likeness (QED) is 0.0732. The van der Waals surface area contributed by atoms with Gasteiger partial charge in [0, 0.05) is 76.9 Å². The van der Waals surface area contributed by atoms with Crippen molar-refractivity contribution in [2.24, 2.45) is 25.9 Å². The van der Waals surface area contributed by atoms with Crippen molar-refractivity contribution in [1.29, 1.82) is 10.5 Å².